The first kappa shape index (κ1) is 49.2. The molecule has 16 nitrogen and oxygen atoms in total. The molecule has 0 spiro atoms. The van der Waals surface area contributed by atoms with Gasteiger partial charge in [-0.15, -0.1) is 32.9 Å². The van der Waals surface area contributed by atoms with Gasteiger partial charge in [0, 0.05) is 53.2 Å². The number of amides is 3. The summed E-state index contributed by atoms with van der Waals surface area (Å²) in [5.41, 5.74) is 9.02. The Morgan fingerprint density at radius 2 is 1.61 bits per heavy atom. The molecule has 18 heteroatoms. The molecule has 3 aromatic carbocycles. The van der Waals surface area contributed by atoms with E-state index in [1.54, 1.807) is 46.9 Å². The molecule has 2 unspecified atom stereocenters. The zero-order valence-electron chi connectivity index (χ0n) is 41.1. The van der Waals surface area contributed by atoms with Crippen LogP contribution in [0.3, 0.4) is 0 Å². The Kier molecular flexibility index (Phi) is 13.7. The minimum absolute atomic E-state index is 0.0272. The van der Waals surface area contributed by atoms with E-state index in [0.717, 1.165) is 72.6 Å². The number of hydrogen-bond acceptors (Lipinski definition) is 13. The van der Waals surface area contributed by atoms with E-state index >= 15 is 0 Å². The third kappa shape index (κ3) is 10.1. The number of fused-ring (bicyclic) bond motifs is 3. The van der Waals surface area contributed by atoms with Crippen LogP contribution >= 0.6 is 22.7 Å². The van der Waals surface area contributed by atoms with Crippen molar-refractivity contribution in [3.8, 4) is 21.2 Å². The van der Waals surface area contributed by atoms with Gasteiger partial charge < -0.3 is 35.4 Å². The van der Waals surface area contributed by atoms with Gasteiger partial charge in [0.1, 0.15) is 40.8 Å². The van der Waals surface area contributed by atoms with E-state index in [2.05, 4.69) is 56.7 Å². The highest BCUT2D eigenvalue weighted by Gasteiger charge is 2.45. The summed E-state index contributed by atoms with van der Waals surface area (Å²) in [5.74, 6) is -0.413. The van der Waals surface area contributed by atoms with Crippen LogP contribution in [-0.4, -0.2) is 108 Å². The van der Waals surface area contributed by atoms with Crippen LogP contribution in [0.2, 0.25) is 0 Å². The fourth-order valence-corrected chi connectivity index (χ4v) is 11.7. The second-order valence-corrected chi connectivity index (χ2v) is 21.9. The first-order chi connectivity index (χ1) is 33.8. The van der Waals surface area contributed by atoms with Crippen LogP contribution in [0.15, 0.2) is 83.3 Å². The van der Waals surface area contributed by atoms with Crippen molar-refractivity contribution >= 4 is 57.8 Å². The second kappa shape index (κ2) is 19.8. The van der Waals surface area contributed by atoms with Gasteiger partial charge in [0.15, 0.2) is 5.82 Å². The van der Waals surface area contributed by atoms with E-state index in [9.17, 15) is 29.4 Å². The molecular formula is C53H59N9O7S2. The number of carbonyl (C=O) groups excluding carboxylic acids is 3. The highest BCUT2D eigenvalue weighted by atomic mass is 32.1. The molecule has 3 aliphatic heterocycles. The summed E-state index contributed by atoms with van der Waals surface area (Å²) in [5, 5.41) is 36.2. The SMILES string of the molecule is Cc1ncsc1-c1ccc(C(C)NC(=O)[C@@H]2C[C@@H](O)CN2C(=O)C(NC(=O)c2ccc(O[C@H]3CCN(c4ccc(C5=N[C@@H](CC(=O)O)c6nnc(C)n6-c6sc(C)c(C)c65)cc4)C3)cc2)C(C)(C)C)cc1. The molecule has 0 bridgehead atoms. The van der Waals surface area contributed by atoms with Gasteiger partial charge in [-0.2, -0.15) is 0 Å². The number of β-amino-alcohol motifs (C(OH)–C–C–N with tert-alkyl or cyclic N) is 1. The van der Waals surface area contributed by atoms with Crippen molar-refractivity contribution < 1.29 is 34.1 Å². The molecule has 3 aromatic heterocycles. The first-order valence-electron chi connectivity index (χ1n) is 23.9. The number of aryl methyl sites for hydroxylation is 3. The molecule has 6 heterocycles. The minimum Gasteiger partial charge on any atom is -0.489 e. The number of rotatable bonds is 13. The molecule has 370 valence electrons. The molecule has 71 heavy (non-hydrogen) atoms. The molecule has 9 rings (SSSR count). The molecule has 6 aromatic rings. The van der Waals surface area contributed by atoms with E-state index in [1.165, 1.54) is 4.90 Å². The number of anilines is 1. The Bertz CT molecular complexity index is 3010. The summed E-state index contributed by atoms with van der Waals surface area (Å²) in [4.78, 5) is 69.2. The fourth-order valence-electron chi connectivity index (χ4n) is 9.69. The zero-order chi connectivity index (χ0) is 50.5. The number of thiophene rings is 1. The number of nitrogens with zero attached hydrogens (tertiary/aromatic N) is 7. The topological polar surface area (TPSA) is 204 Å². The molecule has 2 fully saturated rings. The number of aliphatic carboxylic acids is 1. The Morgan fingerprint density at radius 3 is 2.27 bits per heavy atom. The van der Waals surface area contributed by atoms with Crippen molar-refractivity contribution in [2.45, 2.75) is 111 Å². The molecule has 4 N–H and O–H groups in total. The van der Waals surface area contributed by atoms with Crippen molar-refractivity contribution in [3.05, 3.63) is 128 Å². The Balaban J connectivity index is 0.818. The number of aliphatic hydroxyl groups excluding tert-OH is 1. The van der Waals surface area contributed by atoms with Crippen LogP contribution in [0.1, 0.15) is 114 Å². The maximum atomic E-state index is 14.3. The van der Waals surface area contributed by atoms with E-state index in [1.807, 2.05) is 88.0 Å². The molecule has 0 saturated carbocycles. The summed E-state index contributed by atoms with van der Waals surface area (Å²) in [6, 6.07) is 20.0. The van der Waals surface area contributed by atoms with Gasteiger partial charge in [0.05, 0.1) is 46.9 Å². The van der Waals surface area contributed by atoms with Crippen molar-refractivity contribution in [3.63, 3.8) is 0 Å². The van der Waals surface area contributed by atoms with Crippen molar-refractivity contribution in [2.75, 3.05) is 24.5 Å². The van der Waals surface area contributed by atoms with E-state index < -0.39 is 47.4 Å². The third-order valence-corrected chi connectivity index (χ3v) is 15.9. The van der Waals surface area contributed by atoms with Gasteiger partial charge in [0.2, 0.25) is 11.8 Å². The minimum atomic E-state index is -0.993. The molecule has 2 saturated heterocycles. The average Bonchev–Trinajstić information content (AvgIpc) is 4.18. The van der Waals surface area contributed by atoms with E-state index in [0.29, 0.717) is 29.5 Å². The predicted octanol–water partition coefficient (Wildman–Crippen LogP) is 7.69. The summed E-state index contributed by atoms with van der Waals surface area (Å²) < 4.78 is 8.37. The molecule has 3 amide bonds. The second-order valence-electron chi connectivity index (χ2n) is 19.8. The average molecular weight is 998 g/mol. The summed E-state index contributed by atoms with van der Waals surface area (Å²) in [6.45, 7) is 16.8. The summed E-state index contributed by atoms with van der Waals surface area (Å²) >= 11 is 3.20. The number of carbonyl (C=O) groups is 4. The van der Waals surface area contributed by atoms with E-state index in [4.69, 9.17) is 9.73 Å². The van der Waals surface area contributed by atoms with Gasteiger partial charge >= 0.3 is 5.97 Å². The maximum Gasteiger partial charge on any atom is 0.306 e. The number of nitrogens with one attached hydrogen (secondary N) is 2. The van der Waals surface area contributed by atoms with Crippen LogP contribution in [0.5, 0.6) is 5.75 Å². The number of carboxylic acid groups (broad SMARTS) is 1. The Hall–Kier alpha value is -6.76. The lowest BCUT2D eigenvalue weighted by molar-refractivity contribution is -0.142. The van der Waals surface area contributed by atoms with Gasteiger partial charge in [-0.3, -0.25) is 28.7 Å². The monoisotopic (exact) mass is 997 g/mol. The number of carboxylic acids is 1. The van der Waals surface area contributed by atoms with Crippen LogP contribution < -0.4 is 20.3 Å². The number of aliphatic hydroxyl groups is 1. The van der Waals surface area contributed by atoms with Crippen LogP contribution in [0, 0.1) is 33.1 Å². The smallest absolute Gasteiger partial charge is 0.306 e. The summed E-state index contributed by atoms with van der Waals surface area (Å²) in [6.07, 6.45) is -0.347. The molecule has 0 radical (unpaired) electrons. The number of thiazole rings is 1. The number of hydrogen-bond donors (Lipinski definition) is 4. The molecular weight excluding hydrogens is 939 g/mol. The van der Waals surface area contributed by atoms with Gasteiger partial charge in [-0.05, 0) is 93.1 Å². The number of aromatic nitrogens is 4. The lowest BCUT2D eigenvalue weighted by Gasteiger charge is -2.35. The van der Waals surface area contributed by atoms with Crippen LogP contribution in [-0.2, 0) is 14.4 Å². The largest absolute Gasteiger partial charge is 0.489 e. The summed E-state index contributed by atoms with van der Waals surface area (Å²) in [7, 11) is 0. The van der Waals surface area contributed by atoms with Crippen LogP contribution in [0.4, 0.5) is 5.69 Å². The zero-order valence-corrected chi connectivity index (χ0v) is 42.7. The van der Waals surface area contributed by atoms with Gasteiger partial charge in [0.25, 0.3) is 5.91 Å². The number of likely N-dealkylation sites (tertiary alicyclic amines) is 1. The lowest BCUT2D eigenvalue weighted by atomic mass is 9.85. The number of benzene rings is 3. The Morgan fingerprint density at radius 1 is 0.901 bits per heavy atom. The Labute approximate surface area is 420 Å². The van der Waals surface area contributed by atoms with E-state index in [-0.39, 0.29) is 37.4 Å². The normalized spacial score (nSPS) is 19.6. The van der Waals surface area contributed by atoms with Crippen LogP contribution in [0.25, 0.3) is 15.4 Å². The van der Waals surface area contributed by atoms with Gasteiger partial charge in [-0.1, -0.05) is 57.2 Å². The highest BCUT2D eigenvalue weighted by Crippen LogP contribution is 2.40. The lowest BCUT2D eigenvalue weighted by Crippen LogP contribution is -2.57. The molecule has 0 aliphatic carbocycles. The predicted molar refractivity (Wildman–Crippen MR) is 274 cm³/mol. The maximum absolute atomic E-state index is 14.3. The van der Waals surface area contributed by atoms with Crippen molar-refractivity contribution in [1.29, 1.82) is 0 Å². The number of ether oxygens (including phenoxy) is 1. The highest BCUT2D eigenvalue weighted by molar-refractivity contribution is 7.15. The fraction of sp³-hybridized carbons (Fsp3) is 0.396. The first-order valence-corrected chi connectivity index (χ1v) is 25.6. The quantitative estimate of drug-likeness (QED) is 0.0883. The molecule has 6 atom stereocenters. The third-order valence-electron chi connectivity index (χ3n) is 13.7. The van der Waals surface area contributed by atoms with Crippen molar-refractivity contribution in [2.24, 2.45) is 10.4 Å². The molecule has 3 aliphatic rings. The standard InChI is InChI=1S/C53H59N9O7S2/c1-28-31(4)71-52-44(28)45(56-41(24-43(64)65)48-59-58-32(5)62(48)52)34-13-17-37(18-14-34)60-22-21-40(26-60)69-39-19-15-36(16-20-39)49(66)57-47(53(6,7)8)51(68)61-25-38(63)23-42(61)50(67)55-29(2)33-9-11-35(12-10-33)46-30(3)54-27-70-46/h9-20,27,29,38,40-42,47,63H,21-26H2,1-8H3,(H,55,67)(H,57,66)(H,64,65)/t29?,38-,40+,41+,42+,47?/m1/s1. The van der Waals surface area contributed by atoms with Gasteiger partial charge in [-0.25, -0.2) is 4.98 Å². The van der Waals surface area contributed by atoms with Crippen molar-refractivity contribution in [1.82, 2.24) is 35.3 Å². The number of aliphatic imine (C=N–C) groups is 1.